The van der Waals surface area contributed by atoms with Gasteiger partial charge in [0.15, 0.2) is 5.52 Å². The smallest absolute Gasteiger partial charge is 0.295 e. The molecule has 16 heavy (non-hydrogen) atoms. The lowest BCUT2D eigenvalue weighted by Crippen LogP contribution is -2.01. The van der Waals surface area contributed by atoms with Gasteiger partial charge in [-0.1, -0.05) is 6.07 Å². The number of nitrogens with zero attached hydrogens (tertiary/aromatic N) is 3. The van der Waals surface area contributed by atoms with E-state index < -0.39 is 4.92 Å². The summed E-state index contributed by atoms with van der Waals surface area (Å²) in [5.74, 6) is 0.621. The second-order valence-corrected chi connectivity index (χ2v) is 3.18. The number of anilines is 1. The maximum Gasteiger partial charge on any atom is 0.295 e. The number of rotatable bonds is 3. The van der Waals surface area contributed by atoms with E-state index in [4.69, 9.17) is 0 Å². The Morgan fingerprint density at radius 2 is 2.25 bits per heavy atom. The Balaban J connectivity index is 2.71. The van der Waals surface area contributed by atoms with E-state index in [1.165, 1.54) is 12.4 Å². The predicted octanol–water partition coefficient (Wildman–Crippen LogP) is 1.97. The van der Waals surface area contributed by atoms with Crippen molar-refractivity contribution in [3.63, 3.8) is 0 Å². The first-order valence-electron chi connectivity index (χ1n) is 4.86. The average Bonchev–Trinajstić information content (AvgIpc) is 2.29. The molecule has 82 valence electrons. The van der Waals surface area contributed by atoms with Crippen molar-refractivity contribution in [1.82, 2.24) is 9.97 Å². The maximum atomic E-state index is 10.8. The van der Waals surface area contributed by atoms with Gasteiger partial charge in [-0.05, 0) is 13.0 Å². The molecular formula is C10H10N4O2. The van der Waals surface area contributed by atoms with Gasteiger partial charge in [0.05, 0.1) is 4.92 Å². The molecule has 0 amide bonds. The number of benzene rings is 1. The molecule has 0 spiro atoms. The van der Waals surface area contributed by atoms with Crippen molar-refractivity contribution in [2.75, 3.05) is 11.9 Å². The van der Waals surface area contributed by atoms with Gasteiger partial charge in [-0.15, -0.1) is 0 Å². The Morgan fingerprint density at radius 1 is 1.44 bits per heavy atom. The molecular weight excluding hydrogens is 208 g/mol. The first-order chi connectivity index (χ1) is 7.74. The molecule has 1 N–H and O–H groups in total. The summed E-state index contributed by atoms with van der Waals surface area (Å²) in [5, 5.41) is 14.5. The van der Waals surface area contributed by atoms with E-state index >= 15 is 0 Å². The van der Waals surface area contributed by atoms with Crippen molar-refractivity contribution in [3.05, 3.63) is 34.6 Å². The zero-order valence-corrected chi connectivity index (χ0v) is 8.67. The summed E-state index contributed by atoms with van der Waals surface area (Å²) in [6.45, 7) is 2.64. The second kappa shape index (κ2) is 4.09. The van der Waals surface area contributed by atoms with E-state index in [0.29, 0.717) is 23.3 Å². The lowest BCUT2D eigenvalue weighted by Gasteiger charge is -2.05. The number of nitrogens with one attached hydrogen (secondary N) is 1. The van der Waals surface area contributed by atoms with Crippen LogP contribution in [0.2, 0.25) is 0 Å². The van der Waals surface area contributed by atoms with E-state index in [1.807, 2.05) is 6.92 Å². The standard InChI is InChI=1S/C10H10N4O2/c1-2-11-10-7-4-3-5-8(14(15)16)9(7)12-6-13-10/h3-6H,2H2,1H3,(H,11,12,13). The van der Waals surface area contributed by atoms with Crippen LogP contribution in [0.1, 0.15) is 6.92 Å². The monoisotopic (exact) mass is 218 g/mol. The number of hydrogen-bond donors (Lipinski definition) is 1. The number of non-ortho nitro benzene ring substituents is 1. The van der Waals surface area contributed by atoms with Crippen LogP contribution in [0.4, 0.5) is 11.5 Å². The molecule has 0 aliphatic rings. The number of para-hydroxylation sites is 1. The van der Waals surface area contributed by atoms with Crippen LogP contribution in [-0.2, 0) is 0 Å². The summed E-state index contributed by atoms with van der Waals surface area (Å²) in [4.78, 5) is 18.4. The van der Waals surface area contributed by atoms with Crippen molar-refractivity contribution in [3.8, 4) is 0 Å². The van der Waals surface area contributed by atoms with Crippen LogP contribution >= 0.6 is 0 Å². The third-order valence-electron chi connectivity index (χ3n) is 2.18. The largest absolute Gasteiger partial charge is 0.370 e. The molecule has 6 heteroatoms. The molecule has 1 aromatic heterocycles. The first-order valence-corrected chi connectivity index (χ1v) is 4.86. The zero-order valence-electron chi connectivity index (χ0n) is 8.67. The van der Waals surface area contributed by atoms with Crippen LogP contribution in [0.3, 0.4) is 0 Å². The highest BCUT2D eigenvalue weighted by Crippen LogP contribution is 2.26. The molecule has 6 nitrogen and oxygen atoms in total. The maximum absolute atomic E-state index is 10.8. The summed E-state index contributed by atoms with van der Waals surface area (Å²) in [6.07, 6.45) is 1.33. The third kappa shape index (κ3) is 1.65. The van der Waals surface area contributed by atoms with Crippen LogP contribution in [0.25, 0.3) is 10.9 Å². The number of hydrogen-bond acceptors (Lipinski definition) is 5. The molecule has 0 saturated heterocycles. The van der Waals surface area contributed by atoms with Crippen molar-refractivity contribution >= 4 is 22.4 Å². The quantitative estimate of drug-likeness (QED) is 0.629. The zero-order chi connectivity index (χ0) is 11.5. The normalized spacial score (nSPS) is 10.3. The molecule has 0 aliphatic heterocycles. The summed E-state index contributed by atoms with van der Waals surface area (Å²) in [7, 11) is 0. The van der Waals surface area contributed by atoms with E-state index in [9.17, 15) is 10.1 Å². The van der Waals surface area contributed by atoms with Gasteiger partial charge in [0.25, 0.3) is 5.69 Å². The van der Waals surface area contributed by atoms with Crippen LogP contribution in [0.15, 0.2) is 24.5 Å². The van der Waals surface area contributed by atoms with Crippen LogP contribution in [0, 0.1) is 10.1 Å². The van der Waals surface area contributed by atoms with Crippen LogP contribution in [0.5, 0.6) is 0 Å². The van der Waals surface area contributed by atoms with Gasteiger partial charge >= 0.3 is 0 Å². The molecule has 0 saturated carbocycles. The molecule has 0 atom stereocenters. The van der Waals surface area contributed by atoms with E-state index in [1.54, 1.807) is 12.1 Å². The average molecular weight is 218 g/mol. The second-order valence-electron chi connectivity index (χ2n) is 3.18. The topological polar surface area (TPSA) is 81.0 Å². The van der Waals surface area contributed by atoms with Gasteiger partial charge in [0.1, 0.15) is 12.1 Å². The Bertz CT molecular complexity index is 541. The summed E-state index contributed by atoms with van der Waals surface area (Å²) >= 11 is 0. The Labute approximate surface area is 91.5 Å². The Kier molecular flexibility index (Phi) is 2.63. The number of fused-ring (bicyclic) bond motifs is 1. The van der Waals surface area contributed by atoms with Crippen molar-refractivity contribution in [2.45, 2.75) is 6.92 Å². The van der Waals surface area contributed by atoms with Gasteiger partial charge < -0.3 is 5.32 Å². The molecule has 1 aromatic carbocycles. The van der Waals surface area contributed by atoms with Crippen LogP contribution < -0.4 is 5.32 Å². The van der Waals surface area contributed by atoms with Crippen molar-refractivity contribution in [1.29, 1.82) is 0 Å². The minimum absolute atomic E-state index is 0.000877. The molecule has 0 aliphatic carbocycles. The van der Waals surface area contributed by atoms with Gasteiger partial charge in [-0.3, -0.25) is 10.1 Å². The highest BCUT2D eigenvalue weighted by Gasteiger charge is 2.14. The minimum atomic E-state index is -0.439. The van der Waals surface area contributed by atoms with Crippen molar-refractivity contribution in [2.24, 2.45) is 0 Å². The Hall–Kier alpha value is -2.24. The molecule has 0 radical (unpaired) electrons. The van der Waals surface area contributed by atoms with E-state index in [0.717, 1.165) is 0 Å². The van der Waals surface area contributed by atoms with Crippen LogP contribution in [-0.4, -0.2) is 21.4 Å². The molecule has 0 unspecified atom stereocenters. The number of aromatic nitrogens is 2. The fraction of sp³-hybridized carbons (Fsp3) is 0.200. The fourth-order valence-electron chi connectivity index (χ4n) is 1.53. The van der Waals surface area contributed by atoms with Gasteiger partial charge in [-0.25, -0.2) is 9.97 Å². The molecule has 0 bridgehead atoms. The van der Waals surface area contributed by atoms with Gasteiger partial charge in [0, 0.05) is 18.0 Å². The number of nitro groups is 1. The molecule has 0 fully saturated rings. The highest BCUT2D eigenvalue weighted by atomic mass is 16.6. The lowest BCUT2D eigenvalue weighted by atomic mass is 10.2. The summed E-state index contributed by atoms with van der Waals surface area (Å²) < 4.78 is 0. The predicted molar refractivity (Wildman–Crippen MR) is 60.4 cm³/mol. The summed E-state index contributed by atoms with van der Waals surface area (Å²) in [6, 6.07) is 4.83. The molecule has 1 heterocycles. The van der Waals surface area contributed by atoms with E-state index in [2.05, 4.69) is 15.3 Å². The summed E-state index contributed by atoms with van der Waals surface area (Å²) in [5.41, 5.74) is 0.359. The van der Waals surface area contributed by atoms with Gasteiger partial charge in [-0.2, -0.15) is 0 Å². The minimum Gasteiger partial charge on any atom is -0.370 e. The van der Waals surface area contributed by atoms with E-state index in [-0.39, 0.29) is 5.69 Å². The Morgan fingerprint density at radius 3 is 2.94 bits per heavy atom. The van der Waals surface area contributed by atoms with Gasteiger partial charge in [0.2, 0.25) is 0 Å². The lowest BCUT2D eigenvalue weighted by molar-refractivity contribution is -0.383. The SMILES string of the molecule is CCNc1ncnc2c([N+](=O)[O-])cccc12. The highest BCUT2D eigenvalue weighted by molar-refractivity contribution is 5.94. The fourth-order valence-corrected chi connectivity index (χ4v) is 1.53. The molecule has 2 aromatic rings. The van der Waals surface area contributed by atoms with Crippen molar-refractivity contribution < 1.29 is 4.92 Å². The molecule has 2 rings (SSSR count). The number of nitro benzene ring substituents is 1. The third-order valence-corrected chi connectivity index (χ3v) is 2.18. The first kappa shape index (κ1) is 10.3.